The van der Waals surface area contributed by atoms with Gasteiger partial charge in [0, 0.05) is 18.5 Å². The maximum absolute atomic E-state index is 12.9. The van der Waals surface area contributed by atoms with Crippen molar-refractivity contribution >= 4 is 5.91 Å². The lowest BCUT2D eigenvalue weighted by atomic mass is 9.59. The van der Waals surface area contributed by atoms with E-state index in [1.54, 1.807) is 0 Å². The van der Waals surface area contributed by atoms with Gasteiger partial charge in [-0.15, -0.1) is 0 Å². The van der Waals surface area contributed by atoms with Gasteiger partial charge in [0.1, 0.15) is 0 Å². The molecule has 0 spiro atoms. The molecule has 0 radical (unpaired) electrons. The minimum atomic E-state index is -0.118. The highest BCUT2D eigenvalue weighted by molar-refractivity contribution is 5.82. The third-order valence-corrected chi connectivity index (χ3v) is 5.42. The molecule has 0 aromatic heterocycles. The molecule has 2 unspecified atom stereocenters. The zero-order valence-corrected chi connectivity index (χ0v) is 12.4. The summed E-state index contributed by atoms with van der Waals surface area (Å²) in [6, 6.07) is 0. The summed E-state index contributed by atoms with van der Waals surface area (Å²) in [5, 5.41) is 0. The van der Waals surface area contributed by atoms with Gasteiger partial charge in [0.25, 0.3) is 0 Å². The van der Waals surface area contributed by atoms with Gasteiger partial charge in [-0.2, -0.15) is 0 Å². The molecule has 1 amide bonds. The van der Waals surface area contributed by atoms with Crippen LogP contribution in [0.1, 0.15) is 46.0 Å². The molecule has 2 atom stereocenters. The van der Waals surface area contributed by atoms with Gasteiger partial charge in [0.05, 0.1) is 13.2 Å². The molecule has 3 nitrogen and oxygen atoms in total. The molecular formula is C16H27NO2. The molecule has 3 aliphatic carbocycles. The van der Waals surface area contributed by atoms with Crippen molar-refractivity contribution < 1.29 is 9.53 Å². The van der Waals surface area contributed by atoms with Gasteiger partial charge in [0.2, 0.25) is 5.91 Å². The summed E-state index contributed by atoms with van der Waals surface area (Å²) in [5.41, 5.74) is -0.118. The average Bonchev–Trinajstić information content (AvgIpc) is 2.34. The minimum absolute atomic E-state index is 0.118. The number of morpholine rings is 1. The smallest absolute Gasteiger partial charge is 0.228 e. The SMILES string of the molecule is CC1CC2CC(C2)CC(C)(C(=O)N2CCOCC2)C1. The van der Waals surface area contributed by atoms with Crippen molar-refractivity contribution in [3.05, 3.63) is 0 Å². The number of hydrogen-bond donors (Lipinski definition) is 0. The van der Waals surface area contributed by atoms with E-state index in [1.165, 1.54) is 19.3 Å². The third-order valence-electron chi connectivity index (χ3n) is 5.42. The number of nitrogens with zero attached hydrogens (tertiary/aromatic N) is 1. The first-order valence-electron chi connectivity index (χ1n) is 7.94. The molecule has 0 aromatic rings. The maximum atomic E-state index is 12.9. The Morgan fingerprint density at radius 3 is 2.47 bits per heavy atom. The highest BCUT2D eigenvalue weighted by atomic mass is 16.5. The molecule has 1 saturated heterocycles. The van der Waals surface area contributed by atoms with Crippen molar-refractivity contribution in [2.75, 3.05) is 26.3 Å². The van der Waals surface area contributed by atoms with Crippen molar-refractivity contribution in [2.45, 2.75) is 46.0 Å². The van der Waals surface area contributed by atoms with Gasteiger partial charge in [-0.05, 0) is 49.9 Å². The molecule has 2 bridgehead atoms. The van der Waals surface area contributed by atoms with Crippen molar-refractivity contribution in [3.8, 4) is 0 Å². The Balaban J connectivity index is 1.72. The van der Waals surface area contributed by atoms with E-state index in [0.29, 0.717) is 25.0 Å². The average molecular weight is 265 g/mol. The van der Waals surface area contributed by atoms with Crippen molar-refractivity contribution in [3.63, 3.8) is 0 Å². The van der Waals surface area contributed by atoms with Crippen LogP contribution in [0.3, 0.4) is 0 Å². The van der Waals surface area contributed by atoms with Crippen LogP contribution in [0.2, 0.25) is 0 Å². The molecule has 108 valence electrons. The van der Waals surface area contributed by atoms with E-state index < -0.39 is 0 Å². The molecule has 1 heterocycles. The lowest BCUT2D eigenvalue weighted by Gasteiger charge is -2.47. The van der Waals surface area contributed by atoms with Gasteiger partial charge < -0.3 is 9.64 Å². The fourth-order valence-electron chi connectivity index (χ4n) is 4.70. The second-order valence-electron chi connectivity index (χ2n) is 7.42. The normalized spacial score (nSPS) is 43.1. The second-order valence-corrected chi connectivity index (χ2v) is 7.42. The van der Waals surface area contributed by atoms with E-state index >= 15 is 0 Å². The minimum Gasteiger partial charge on any atom is -0.378 e. The Morgan fingerprint density at radius 2 is 1.79 bits per heavy atom. The number of amides is 1. The first-order chi connectivity index (χ1) is 9.07. The summed E-state index contributed by atoms with van der Waals surface area (Å²) < 4.78 is 5.37. The number of hydrogen-bond acceptors (Lipinski definition) is 2. The maximum Gasteiger partial charge on any atom is 0.228 e. The molecule has 3 heteroatoms. The highest BCUT2D eigenvalue weighted by Gasteiger charge is 2.45. The van der Waals surface area contributed by atoms with Crippen LogP contribution in [0.4, 0.5) is 0 Å². The second kappa shape index (κ2) is 5.08. The molecule has 4 aliphatic rings. The number of carbonyl (C=O) groups excluding carboxylic acids is 1. The fourth-order valence-corrected chi connectivity index (χ4v) is 4.70. The summed E-state index contributed by atoms with van der Waals surface area (Å²) in [4.78, 5) is 15.0. The predicted octanol–water partition coefficient (Wildman–Crippen LogP) is 2.70. The quantitative estimate of drug-likeness (QED) is 0.729. The molecule has 0 aromatic carbocycles. The van der Waals surface area contributed by atoms with Gasteiger partial charge in [-0.3, -0.25) is 4.79 Å². The van der Waals surface area contributed by atoms with Crippen LogP contribution >= 0.6 is 0 Å². The molecule has 19 heavy (non-hydrogen) atoms. The van der Waals surface area contributed by atoms with Crippen molar-refractivity contribution in [2.24, 2.45) is 23.2 Å². The number of fused-ring (bicyclic) bond motifs is 4. The zero-order chi connectivity index (χ0) is 13.5. The lowest BCUT2D eigenvalue weighted by Crippen LogP contribution is -2.50. The molecular weight excluding hydrogens is 238 g/mol. The van der Waals surface area contributed by atoms with Crippen LogP contribution in [0.25, 0.3) is 0 Å². The van der Waals surface area contributed by atoms with Crippen LogP contribution in [0.15, 0.2) is 0 Å². The first-order valence-corrected chi connectivity index (χ1v) is 7.94. The Labute approximate surface area is 116 Å². The number of carbonyl (C=O) groups is 1. The van der Waals surface area contributed by atoms with Crippen LogP contribution in [0, 0.1) is 23.2 Å². The summed E-state index contributed by atoms with van der Waals surface area (Å²) in [7, 11) is 0. The van der Waals surface area contributed by atoms with E-state index in [4.69, 9.17) is 4.74 Å². The van der Waals surface area contributed by atoms with Gasteiger partial charge in [-0.1, -0.05) is 13.8 Å². The van der Waals surface area contributed by atoms with E-state index in [9.17, 15) is 4.79 Å². The van der Waals surface area contributed by atoms with E-state index in [1.807, 2.05) is 4.90 Å². The molecule has 0 N–H and O–H groups in total. The van der Waals surface area contributed by atoms with Crippen LogP contribution in [-0.2, 0) is 9.53 Å². The first kappa shape index (κ1) is 13.4. The van der Waals surface area contributed by atoms with Gasteiger partial charge >= 0.3 is 0 Å². The van der Waals surface area contributed by atoms with E-state index in [0.717, 1.165) is 37.8 Å². The lowest BCUT2D eigenvalue weighted by molar-refractivity contribution is -0.149. The number of rotatable bonds is 1. The van der Waals surface area contributed by atoms with Crippen molar-refractivity contribution in [1.82, 2.24) is 4.90 Å². The van der Waals surface area contributed by atoms with Gasteiger partial charge in [0.15, 0.2) is 0 Å². The van der Waals surface area contributed by atoms with E-state index in [2.05, 4.69) is 13.8 Å². The molecule has 3 saturated carbocycles. The largest absolute Gasteiger partial charge is 0.378 e. The Bertz CT molecular complexity index is 341. The van der Waals surface area contributed by atoms with Crippen molar-refractivity contribution in [1.29, 1.82) is 0 Å². The van der Waals surface area contributed by atoms with Gasteiger partial charge in [-0.25, -0.2) is 0 Å². The standard InChI is InChI=1S/C16H27NO2/c1-12-7-13-8-14(9-13)11-16(2,10-12)15(18)17-3-5-19-6-4-17/h12-14H,3-11H2,1-2H3. The highest BCUT2D eigenvalue weighted by Crippen LogP contribution is 2.50. The molecule has 1 aliphatic heterocycles. The number of ether oxygens (including phenoxy) is 1. The Kier molecular flexibility index (Phi) is 3.59. The third kappa shape index (κ3) is 2.67. The monoisotopic (exact) mass is 265 g/mol. The van der Waals surface area contributed by atoms with Crippen LogP contribution in [-0.4, -0.2) is 37.1 Å². The molecule has 4 fully saturated rings. The molecule has 4 rings (SSSR count). The summed E-state index contributed by atoms with van der Waals surface area (Å²) in [6.45, 7) is 7.56. The summed E-state index contributed by atoms with van der Waals surface area (Å²) in [5.74, 6) is 2.87. The zero-order valence-electron chi connectivity index (χ0n) is 12.4. The Morgan fingerprint density at radius 1 is 1.11 bits per heavy atom. The fraction of sp³-hybridized carbons (Fsp3) is 0.938. The summed E-state index contributed by atoms with van der Waals surface area (Å²) >= 11 is 0. The predicted molar refractivity (Wildman–Crippen MR) is 74.7 cm³/mol. The topological polar surface area (TPSA) is 29.5 Å². The summed E-state index contributed by atoms with van der Waals surface area (Å²) in [6.07, 6.45) is 6.27. The van der Waals surface area contributed by atoms with E-state index in [-0.39, 0.29) is 5.41 Å². The Hall–Kier alpha value is -0.570. The van der Waals surface area contributed by atoms with Crippen LogP contribution in [0.5, 0.6) is 0 Å². The van der Waals surface area contributed by atoms with Crippen LogP contribution < -0.4 is 0 Å².